The Balaban J connectivity index is 3.50. The molecule has 0 aromatic rings. The highest BCUT2D eigenvalue weighted by Crippen LogP contribution is 2.36. The van der Waals surface area contributed by atoms with E-state index in [1.165, 1.54) is 38.5 Å². The van der Waals surface area contributed by atoms with Gasteiger partial charge in [0.05, 0.1) is 23.5 Å². The third-order valence-electron chi connectivity index (χ3n) is 3.78. The van der Waals surface area contributed by atoms with Crippen molar-refractivity contribution < 1.29 is 19.4 Å². The van der Waals surface area contributed by atoms with E-state index in [-0.39, 0.29) is 16.5 Å². The van der Waals surface area contributed by atoms with Crippen LogP contribution in [0.25, 0.3) is 0 Å². The van der Waals surface area contributed by atoms with Crippen molar-refractivity contribution in [3.05, 3.63) is 0 Å². The first-order valence-corrected chi connectivity index (χ1v) is 11.5. The number of carboxylic acids is 1. The highest BCUT2D eigenvalue weighted by Gasteiger charge is 2.19. The summed E-state index contributed by atoms with van der Waals surface area (Å²) in [5.41, 5.74) is 0. The van der Waals surface area contributed by atoms with Gasteiger partial charge in [-0.05, 0) is 20.3 Å². The molecule has 0 bridgehead atoms. The molecule has 148 valence electrons. The first-order valence-electron chi connectivity index (χ1n) is 9.52. The standard InChI is InChI=1S/C19H36O4S2/c1-4-5-6-7-8-9-10-11-14-23-18(22)13-16-25-19(2,3)24-15-12-17(20)21/h4-16H2,1-3H3,(H,20,21). The van der Waals surface area contributed by atoms with Crippen molar-refractivity contribution in [2.45, 2.75) is 89.1 Å². The molecule has 0 aliphatic carbocycles. The Hall–Kier alpha value is -0.360. The van der Waals surface area contributed by atoms with Crippen LogP contribution in [-0.2, 0) is 14.3 Å². The smallest absolute Gasteiger partial charge is 0.306 e. The first kappa shape index (κ1) is 24.6. The second-order valence-corrected chi connectivity index (χ2v) is 10.4. The van der Waals surface area contributed by atoms with Gasteiger partial charge in [-0.3, -0.25) is 9.59 Å². The number of unbranched alkanes of at least 4 members (excludes halogenated alkanes) is 7. The Bertz CT molecular complexity index is 359. The van der Waals surface area contributed by atoms with Crippen LogP contribution in [0.2, 0.25) is 0 Å². The van der Waals surface area contributed by atoms with E-state index in [1.807, 2.05) is 0 Å². The number of hydrogen-bond acceptors (Lipinski definition) is 5. The van der Waals surface area contributed by atoms with Gasteiger partial charge in [-0.15, -0.1) is 23.5 Å². The minimum Gasteiger partial charge on any atom is -0.481 e. The number of thioether (sulfide) groups is 2. The van der Waals surface area contributed by atoms with E-state index in [0.29, 0.717) is 24.5 Å². The van der Waals surface area contributed by atoms with Crippen LogP contribution in [-0.4, -0.2) is 39.2 Å². The molecule has 0 aromatic heterocycles. The summed E-state index contributed by atoms with van der Waals surface area (Å²) in [5, 5.41) is 8.66. The van der Waals surface area contributed by atoms with Gasteiger partial charge in [0, 0.05) is 11.5 Å². The summed E-state index contributed by atoms with van der Waals surface area (Å²) >= 11 is 3.31. The highest BCUT2D eigenvalue weighted by atomic mass is 32.2. The molecule has 4 nitrogen and oxygen atoms in total. The zero-order chi connectivity index (χ0) is 19.0. The zero-order valence-electron chi connectivity index (χ0n) is 16.2. The molecule has 0 unspecified atom stereocenters. The van der Waals surface area contributed by atoms with Crippen LogP contribution < -0.4 is 0 Å². The van der Waals surface area contributed by atoms with Gasteiger partial charge in [0.25, 0.3) is 0 Å². The lowest BCUT2D eigenvalue weighted by Crippen LogP contribution is -2.14. The predicted molar refractivity (Wildman–Crippen MR) is 109 cm³/mol. The maximum absolute atomic E-state index is 11.7. The van der Waals surface area contributed by atoms with Crippen molar-refractivity contribution in [1.82, 2.24) is 0 Å². The van der Waals surface area contributed by atoms with E-state index in [0.717, 1.165) is 12.8 Å². The van der Waals surface area contributed by atoms with Gasteiger partial charge in [0.2, 0.25) is 0 Å². The Labute approximate surface area is 162 Å². The number of carbonyl (C=O) groups excluding carboxylic acids is 1. The van der Waals surface area contributed by atoms with Gasteiger partial charge in [-0.1, -0.05) is 51.9 Å². The number of esters is 1. The molecular formula is C19H36O4S2. The lowest BCUT2D eigenvalue weighted by molar-refractivity contribution is -0.143. The third kappa shape index (κ3) is 18.2. The topological polar surface area (TPSA) is 63.6 Å². The second kappa shape index (κ2) is 15.9. The van der Waals surface area contributed by atoms with Gasteiger partial charge in [-0.25, -0.2) is 0 Å². The molecular weight excluding hydrogens is 356 g/mol. The quantitative estimate of drug-likeness (QED) is 0.193. The van der Waals surface area contributed by atoms with Crippen LogP contribution >= 0.6 is 23.5 Å². The molecule has 0 radical (unpaired) electrons. The fraction of sp³-hybridized carbons (Fsp3) is 0.895. The van der Waals surface area contributed by atoms with Crippen LogP contribution in [0, 0.1) is 0 Å². The van der Waals surface area contributed by atoms with Crippen LogP contribution in [0.3, 0.4) is 0 Å². The third-order valence-corrected chi connectivity index (χ3v) is 6.70. The number of hydrogen-bond donors (Lipinski definition) is 1. The van der Waals surface area contributed by atoms with Crippen molar-refractivity contribution in [3.63, 3.8) is 0 Å². The number of ether oxygens (including phenoxy) is 1. The minimum atomic E-state index is -0.766. The number of aliphatic carboxylic acids is 1. The lowest BCUT2D eigenvalue weighted by atomic mass is 10.1. The van der Waals surface area contributed by atoms with Crippen molar-refractivity contribution in [2.24, 2.45) is 0 Å². The average molecular weight is 393 g/mol. The van der Waals surface area contributed by atoms with Crippen LogP contribution in [0.15, 0.2) is 0 Å². The molecule has 0 aromatic carbocycles. The molecule has 0 amide bonds. The van der Waals surface area contributed by atoms with Crippen molar-refractivity contribution in [1.29, 1.82) is 0 Å². The molecule has 0 saturated heterocycles. The van der Waals surface area contributed by atoms with Gasteiger partial charge in [-0.2, -0.15) is 0 Å². The van der Waals surface area contributed by atoms with Crippen molar-refractivity contribution >= 4 is 35.5 Å². The predicted octanol–water partition coefficient (Wildman–Crippen LogP) is 5.74. The van der Waals surface area contributed by atoms with Crippen LogP contribution in [0.5, 0.6) is 0 Å². The normalized spacial score (nSPS) is 11.5. The van der Waals surface area contributed by atoms with E-state index in [9.17, 15) is 9.59 Å². The van der Waals surface area contributed by atoms with Crippen molar-refractivity contribution in [3.8, 4) is 0 Å². The Morgan fingerprint density at radius 3 is 1.96 bits per heavy atom. The lowest BCUT2D eigenvalue weighted by Gasteiger charge is -2.22. The summed E-state index contributed by atoms with van der Waals surface area (Å²) in [6.45, 7) is 6.90. The molecule has 0 rings (SSSR count). The fourth-order valence-corrected chi connectivity index (χ4v) is 4.66. The fourth-order valence-electron chi connectivity index (χ4n) is 2.30. The summed E-state index contributed by atoms with van der Waals surface area (Å²) in [6.07, 6.45) is 10.5. The molecule has 0 aliphatic rings. The summed E-state index contributed by atoms with van der Waals surface area (Å²) in [4.78, 5) is 22.3. The Morgan fingerprint density at radius 1 is 0.880 bits per heavy atom. The summed E-state index contributed by atoms with van der Waals surface area (Å²) in [5.74, 6) is 0.418. The maximum Gasteiger partial charge on any atom is 0.306 e. The molecule has 6 heteroatoms. The summed E-state index contributed by atoms with van der Waals surface area (Å²) < 4.78 is 5.20. The first-order chi connectivity index (χ1) is 11.9. The van der Waals surface area contributed by atoms with Crippen LogP contribution in [0.4, 0.5) is 0 Å². The molecule has 25 heavy (non-hydrogen) atoms. The SMILES string of the molecule is CCCCCCCCCCOC(=O)CCSC(C)(C)SCCC(=O)O. The van der Waals surface area contributed by atoms with E-state index in [1.54, 1.807) is 23.5 Å². The largest absolute Gasteiger partial charge is 0.481 e. The molecule has 0 saturated carbocycles. The number of rotatable bonds is 17. The number of carbonyl (C=O) groups is 2. The molecule has 0 heterocycles. The monoisotopic (exact) mass is 392 g/mol. The average Bonchev–Trinajstić information content (AvgIpc) is 2.52. The van der Waals surface area contributed by atoms with Gasteiger partial charge < -0.3 is 9.84 Å². The van der Waals surface area contributed by atoms with E-state index in [4.69, 9.17) is 9.84 Å². The molecule has 0 atom stereocenters. The van der Waals surface area contributed by atoms with E-state index < -0.39 is 5.97 Å². The summed E-state index contributed by atoms with van der Waals surface area (Å²) in [7, 11) is 0. The molecule has 0 spiro atoms. The molecule has 0 aliphatic heterocycles. The zero-order valence-corrected chi connectivity index (χ0v) is 17.8. The second-order valence-electron chi connectivity index (χ2n) is 6.69. The minimum absolute atomic E-state index is 0.0759. The Morgan fingerprint density at radius 2 is 1.40 bits per heavy atom. The van der Waals surface area contributed by atoms with E-state index in [2.05, 4.69) is 20.8 Å². The Kier molecular flexibility index (Phi) is 15.6. The highest BCUT2D eigenvalue weighted by molar-refractivity contribution is 8.18. The summed E-state index contributed by atoms with van der Waals surface area (Å²) in [6, 6.07) is 0. The van der Waals surface area contributed by atoms with Crippen LogP contribution in [0.1, 0.15) is 85.0 Å². The van der Waals surface area contributed by atoms with Gasteiger partial charge in [0.1, 0.15) is 0 Å². The molecule has 1 N–H and O–H groups in total. The number of carboxylic acid groups (broad SMARTS) is 1. The maximum atomic E-state index is 11.7. The van der Waals surface area contributed by atoms with E-state index >= 15 is 0 Å². The van der Waals surface area contributed by atoms with Crippen molar-refractivity contribution in [2.75, 3.05) is 18.1 Å². The van der Waals surface area contributed by atoms with Gasteiger partial charge >= 0.3 is 11.9 Å². The molecule has 0 fully saturated rings. The van der Waals surface area contributed by atoms with Gasteiger partial charge in [0.15, 0.2) is 0 Å².